The van der Waals surface area contributed by atoms with E-state index in [0.717, 1.165) is 31.2 Å². The van der Waals surface area contributed by atoms with E-state index in [1.165, 1.54) is 12.0 Å². The molecule has 1 unspecified atom stereocenters. The zero-order chi connectivity index (χ0) is 15.5. The first kappa shape index (κ1) is 15.8. The van der Waals surface area contributed by atoms with E-state index in [0.29, 0.717) is 5.92 Å². The third-order valence-corrected chi connectivity index (χ3v) is 4.88. The fourth-order valence-electron chi connectivity index (χ4n) is 3.28. The molecule has 21 heavy (non-hydrogen) atoms. The van der Waals surface area contributed by atoms with Gasteiger partial charge in [0.05, 0.1) is 6.07 Å². The van der Waals surface area contributed by atoms with Crippen LogP contribution in [0.1, 0.15) is 75.8 Å². The molecular weight excluding hydrogens is 258 g/mol. The van der Waals surface area contributed by atoms with Crippen LogP contribution in [0.5, 0.6) is 0 Å². The summed E-state index contributed by atoms with van der Waals surface area (Å²) in [5.41, 5.74) is 1.78. The number of hydrogen-bond acceptors (Lipinski definition) is 2. The fraction of sp³-hybridized carbons (Fsp3) is 0.579. The Morgan fingerprint density at radius 3 is 2.10 bits per heavy atom. The highest BCUT2D eigenvalue weighted by Gasteiger charge is 2.39. The molecule has 2 rings (SSSR count). The first-order valence-corrected chi connectivity index (χ1v) is 8.02. The molecular formula is C19H25NO. The maximum Gasteiger partial charge on any atom is 0.160 e. The van der Waals surface area contributed by atoms with Crippen molar-refractivity contribution in [2.75, 3.05) is 0 Å². The van der Waals surface area contributed by atoms with Gasteiger partial charge in [-0.05, 0) is 29.9 Å². The van der Waals surface area contributed by atoms with E-state index in [2.05, 4.69) is 19.9 Å². The summed E-state index contributed by atoms with van der Waals surface area (Å²) in [6.07, 6.45) is 5.27. The Balaban J connectivity index is 2.23. The number of carbonyl (C=O) groups is 1. The SMILES string of the molecule is CC(C)c1ccc(C(C#N)C(=O)C2(C)CCCCC2)cc1. The van der Waals surface area contributed by atoms with Gasteiger partial charge < -0.3 is 0 Å². The first-order chi connectivity index (χ1) is 9.98. The molecule has 1 aromatic rings. The lowest BCUT2D eigenvalue weighted by Crippen LogP contribution is -2.34. The quantitative estimate of drug-likeness (QED) is 0.784. The fourth-order valence-corrected chi connectivity index (χ4v) is 3.28. The van der Waals surface area contributed by atoms with Crippen molar-refractivity contribution in [2.45, 2.75) is 64.7 Å². The highest BCUT2D eigenvalue weighted by molar-refractivity contribution is 5.93. The molecule has 0 aliphatic heterocycles. The summed E-state index contributed by atoms with van der Waals surface area (Å²) in [6.45, 7) is 6.33. The molecule has 0 N–H and O–H groups in total. The standard InChI is InChI=1S/C19H25NO/c1-14(2)15-7-9-16(10-8-15)17(13-20)18(21)19(3)11-5-4-6-12-19/h7-10,14,17H,4-6,11-12H2,1-3H3. The van der Waals surface area contributed by atoms with Crippen molar-refractivity contribution in [1.82, 2.24) is 0 Å². The van der Waals surface area contributed by atoms with Crippen molar-refractivity contribution in [3.8, 4) is 6.07 Å². The normalized spacial score (nSPS) is 19.0. The number of Topliss-reactive ketones (excluding diaryl/α,β-unsaturated/α-hetero) is 1. The molecule has 0 amide bonds. The molecule has 1 aliphatic rings. The number of nitrogens with zero attached hydrogens (tertiary/aromatic N) is 1. The van der Waals surface area contributed by atoms with Gasteiger partial charge in [0.25, 0.3) is 0 Å². The van der Waals surface area contributed by atoms with Crippen LogP contribution in [-0.2, 0) is 4.79 Å². The average molecular weight is 283 g/mol. The van der Waals surface area contributed by atoms with Crippen molar-refractivity contribution in [3.63, 3.8) is 0 Å². The minimum absolute atomic E-state index is 0.113. The third kappa shape index (κ3) is 3.35. The Bertz CT molecular complexity index is 530. The van der Waals surface area contributed by atoms with E-state index in [4.69, 9.17) is 0 Å². The van der Waals surface area contributed by atoms with E-state index in [1.54, 1.807) is 0 Å². The van der Waals surface area contributed by atoms with Crippen molar-refractivity contribution < 1.29 is 4.79 Å². The van der Waals surface area contributed by atoms with Crippen molar-refractivity contribution in [2.24, 2.45) is 5.41 Å². The van der Waals surface area contributed by atoms with Crippen LogP contribution < -0.4 is 0 Å². The van der Waals surface area contributed by atoms with Gasteiger partial charge in [-0.1, -0.05) is 64.3 Å². The Morgan fingerprint density at radius 1 is 1.10 bits per heavy atom. The van der Waals surface area contributed by atoms with E-state index < -0.39 is 5.92 Å². The summed E-state index contributed by atoms with van der Waals surface area (Å²) in [7, 11) is 0. The van der Waals surface area contributed by atoms with Crippen LogP contribution in [0.15, 0.2) is 24.3 Å². The van der Waals surface area contributed by atoms with Gasteiger partial charge >= 0.3 is 0 Å². The molecule has 0 radical (unpaired) electrons. The third-order valence-electron chi connectivity index (χ3n) is 4.88. The van der Waals surface area contributed by atoms with Crippen molar-refractivity contribution in [1.29, 1.82) is 5.26 Å². The zero-order valence-corrected chi connectivity index (χ0v) is 13.4. The molecule has 0 saturated heterocycles. The number of carbonyl (C=O) groups excluding carboxylic acids is 1. The summed E-state index contributed by atoms with van der Waals surface area (Å²) >= 11 is 0. The van der Waals surface area contributed by atoms with Crippen molar-refractivity contribution in [3.05, 3.63) is 35.4 Å². The second-order valence-electron chi connectivity index (χ2n) is 6.87. The molecule has 1 fully saturated rings. The summed E-state index contributed by atoms with van der Waals surface area (Å²) in [5.74, 6) is -0.0394. The Morgan fingerprint density at radius 2 is 1.62 bits per heavy atom. The largest absolute Gasteiger partial charge is 0.297 e. The van der Waals surface area contributed by atoms with Crippen LogP contribution in [0.3, 0.4) is 0 Å². The van der Waals surface area contributed by atoms with Gasteiger partial charge in [-0.2, -0.15) is 5.26 Å². The number of nitriles is 1. The second kappa shape index (κ2) is 6.43. The number of benzene rings is 1. The number of ketones is 1. The molecule has 0 heterocycles. The molecule has 112 valence electrons. The number of hydrogen-bond donors (Lipinski definition) is 0. The predicted molar refractivity (Wildman–Crippen MR) is 85.1 cm³/mol. The lowest BCUT2D eigenvalue weighted by Gasteiger charge is -2.33. The van der Waals surface area contributed by atoms with Crippen LogP contribution in [0.4, 0.5) is 0 Å². The Hall–Kier alpha value is -1.62. The van der Waals surface area contributed by atoms with Gasteiger partial charge in [0.2, 0.25) is 0 Å². The molecule has 2 heteroatoms. The summed E-state index contributed by atoms with van der Waals surface area (Å²) < 4.78 is 0. The molecule has 0 bridgehead atoms. The van der Waals surface area contributed by atoms with Crippen molar-refractivity contribution >= 4 is 5.78 Å². The topological polar surface area (TPSA) is 40.9 Å². The van der Waals surface area contributed by atoms with E-state index in [-0.39, 0.29) is 11.2 Å². The summed E-state index contributed by atoms with van der Waals surface area (Å²) in [4.78, 5) is 12.8. The predicted octanol–water partition coefficient (Wildman–Crippen LogP) is 4.96. The monoisotopic (exact) mass is 283 g/mol. The Labute approximate surface area is 128 Å². The summed E-state index contributed by atoms with van der Waals surface area (Å²) in [5, 5.41) is 9.50. The van der Waals surface area contributed by atoms with E-state index in [1.807, 2.05) is 31.2 Å². The second-order valence-corrected chi connectivity index (χ2v) is 6.87. The van der Waals surface area contributed by atoms with Gasteiger partial charge in [0.15, 0.2) is 5.78 Å². The van der Waals surface area contributed by atoms with Gasteiger partial charge in [-0.25, -0.2) is 0 Å². The average Bonchev–Trinajstić information content (AvgIpc) is 2.49. The maximum absolute atomic E-state index is 12.8. The molecule has 1 saturated carbocycles. The van der Waals surface area contributed by atoms with Gasteiger partial charge in [0.1, 0.15) is 5.92 Å². The highest BCUT2D eigenvalue weighted by atomic mass is 16.1. The van der Waals surface area contributed by atoms with Gasteiger partial charge in [0, 0.05) is 5.41 Å². The van der Waals surface area contributed by atoms with E-state index >= 15 is 0 Å². The Kier molecular flexibility index (Phi) is 4.83. The molecule has 1 aliphatic carbocycles. The highest BCUT2D eigenvalue weighted by Crippen LogP contribution is 2.40. The van der Waals surface area contributed by atoms with Gasteiger partial charge in [-0.3, -0.25) is 4.79 Å². The van der Waals surface area contributed by atoms with Crippen LogP contribution in [0.25, 0.3) is 0 Å². The summed E-state index contributed by atoms with van der Waals surface area (Å²) in [6, 6.07) is 10.2. The van der Waals surface area contributed by atoms with Crippen LogP contribution in [-0.4, -0.2) is 5.78 Å². The lowest BCUT2D eigenvalue weighted by atomic mass is 9.68. The van der Waals surface area contributed by atoms with Crippen LogP contribution in [0.2, 0.25) is 0 Å². The molecule has 1 atom stereocenters. The van der Waals surface area contributed by atoms with Crippen LogP contribution in [0, 0.1) is 16.7 Å². The molecule has 2 nitrogen and oxygen atoms in total. The van der Waals surface area contributed by atoms with Crippen LogP contribution >= 0.6 is 0 Å². The molecule has 0 spiro atoms. The zero-order valence-electron chi connectivity index (χ0n) is 13.4. The van der Waals surface area contributed by atoms with Gasteiger partial charge in [-0.15, -0.1) is 0 Å². The lowest BCUT2D eigenvalue weighted by molar-refractivity contribution is -0.129. The molecule has 0 aromatic heterocycles. The maximum atomic E-state index is 12.8. The number of rotatable bonds is 4. The van der Waals surface area contributed by atoms with E-state index in [9.17, 15) is 10.1 Å². The minimum Gasteiger partial charge on any atom is -0.297 e. The smallest absolute Gasteiger partial charge is 0.160 e. The first-order valence-electron chi connectivity index (χ1n) is 8.02. The molecule has 1 aromatic carbocycles. The minimum atomic E-state index is -0.616.